The Morgan fingerprint density at radius 1 is 1.00 bits per heavy atom. The number of likely N-dealkylation sites (N-methyl/N-ethyl adjacent to an activating group) is 1. The third-order valence-corrected chi connectivity index (χ3v) is 4.08. The summed E-state index contributed by atoms with van der Waals surface area (Å²) in [5.41, 5.74) is -1.53. The number of halogens is 5. The molecule has 0 heterocycles. The number of ether oxygens (including phenoxy) is 2. The molecule has 5 nitrogen and oxygen atoms in total. The summed E-state index contributed by atoms with van der Waals surface area (Å²) in [5.74, 6) is -7.34. The first-order chi connectivity index (χ1) is 13.0. The molecule has 2 aromatic carbocycles. The first-order valence-electron chi connectivity index (χ1n) is 7.82. The summed E-state index contributed by atoms with van der Waals surface area (Å²) in [6, 6.07) is 5.64. The predicted molar refractivity (Wildman–Crippen MR) is 89.4 cm³/mol. The lowest BCUT2D eigenvalue weighted by atomic mass is 9.94. The fraction of sp³-hybridized carbons (Fsp3) is 0.333. The molecule has 2 aromatic rings. The first-order valence-corrected chi connectivity index (χ1v) is 7.82. The number of benzene rings is 2. The van der Waals surface area contributed by atoms with Crippen LogP contribution in [0, 0.1) is 0 Å². The fourth-order valence-electron chi connectivity index (χ4n) is 2.70. The molecule has 0 radical (unpaired) electrons. The van der Waals surface area contributed by atoms with Crippen molar-refractivity contribution in [2.45, 2.75) is 12.1 Å². The zero-order chi connectivity index (χ0) is 21.3. The number of carbonyl (C=O) groups excluding carboxylic acids is 2. The molecule has 152 valence electrons. The van der Waals surface area contributed by atoms with E-state index in [1.165, 1.54) is 25.2 Å². The van der Waals surface area contributed by atoms with Gasteiger partial charge in [-0.15, -0.1) is 0 Å². The Balaban J connectivity index is 2.70. The molecule has 0 bridgehead atoms. The monoisotopic (exact) mass is 405 g/mol. The molecule has 28 heavy (non-hydrogen) atoms. The Kier molecular flexibility index (Phi) is 5.81. The number of alkyl halides is 5. The van der Waals surface area contributed by atoms with Crippen molar-refractivity contribution in [3.63, 3.8) is 0 Å². The van der Waals surface area contributed by atoms with Crippen molar-refractivity contribution in [1.82, 2.24) is 4.90 Å². The van der Waals surface area contributed by atoms with Gasteiger partial charge in [-0.05, 0) is 29.0 Å². The summed E-state index contributed by atoms with van der Waals surface area (Å²) < 4.78 is 76.5. The van der Waals surface area contributed by atoms with Gasteiger partial charge in [-0.2, -0.15) is 22.0 Å². The summed E-state index contributed by atoms with van der Waals surface area (Å²) in [7, 11) is 3.36. The van der Waals surface area contributed by atoms with Gasteiger partial charge in [0.05, 0.1) is 19.8 Å². The van der Waals surface area contributed by atoms with E-state index in [2.05, 4.69) is 4.74 Å². The van der Waals surface area contributed by atoms with Crippen LogP contribution in [0.25, 0.3) is 10.8 Å². The highest BCUT2D eigenvalue weighted by molar-refractivity contribution is 6.08. The van der Waals surface area contributed by atoms with Crippen LogP contribution in [-0.4, -0.2) is 50.8 Å². The minimum Gasteiger partial charge on any atom is -0.496 e. The molecule has 0 fully saturated rings. The van der Waals surface area contributed by atoms with Crippen molar-refractivity contribution in [1.29, 1.82) is 0 Å². The molecular formula is C18H16F5NO4. The van der Waals surface area contributed by atoms with E-state index in [-0.39, 0.29) is 10.9 Å². The second-order valence-corrected chi connectivity index (χ2v) is 5.85. The molecule has 0 saturated carbocycles. The van der Waals surface area contributed by atoms with Crippen molar-refractivity contribution in [3.05, 3.63) is 41.5 Å². The van der Waals surface area contributed by atoms with Crippen LogP contribution in [0.3, 0.4) is 0 Å². The molecule has 0 atom stereocenters. The van der Waals surface area contributed by atoms with Gasteiger partial charge >= 0.3 is 18.1 Å². The highest BCUT2D eigenvalue weighted by atomic mass is 19.4. The van der Waals surface area contributed by atoms with Gasteiger partial charge in [0.1, 0.15) is 12.3 Å². The summed E-state index contributed by atoms with van der Waals surface area (Å²) in [4.78, 5) is 24.9. The van der Waals surface area contributed by atoms with Gasteiger partial charge in [-0.25, -0.2) is 0 Å². The van der Waals surface area contributed by atoms with E-state index in [0.29, 0.717) is 0 Å². The minimum atomic E-state index is -5.86. The van der Waals surface area contributed by atoms with Gasteiger partial charge in [0.25, 0.3) is 5.91 Å². The van der Waals surface area contributed by atoms with Crippen molar-refractivity contribution in [2.75, 3.05) is 27.8 Å². The average Bonchev–Trinajstić information content (AvgIpc) is 2.64. The topological polar surface area (TPSA) is 55.8 Å². The Morgan fingerprint density at radius 2 is 1.64 bits per heavy atom. The van der Waals surface area contributed by atoms with Gasteiger partial charge in [0.2, 0.25) is 0 Å². The lowest BCUT2D eigenvalue weighted by Gasteiger charge is -2.24. The van der Waals surface area contributed by atoms with Crippen molar-refractivity contribution < 1.29 is 41.0 Å². The van der Waals surface area contributed by atoms with Crippen LogP contribution in [-0.2, 0) is 15.5 Å². The second kappa shape index (κ2) is 7.61. The number of hydrogen-bond acceptors (Lipinski definition) is 4. The van der Waals surface area contributed by atoms with Crippen LogP contribution in [0.15, 0.2) is 30.3 Å². The molecule has 0 spiro atoms. The maximum absolute atomic E-state index is 14.2. The second-order valence-electron chi connectivity index (χ2n) is 5.85. The molecule has 0 aliphatic carbocycles. The number of esters is 1. The molecule has 10 heteroatoms. The zero-order valence-electron chi connectivity index (χ0n) is 15.1. The number of nitrogens with zero attached hydrogens (tertiary/aromatic N) is 1. The number of fused-ring (bicyclic) bond motifs is 1. The molecule has 0 unspecified atom stereocenters. The third-order valence-electron chi connectivity index (χ3n) is 4.08. The van der Waals surface area contributed by atoms with Crippen LogP contribution < -0.4 is 4.74 Å². The fourth-order valence-corrected chi connectivity index (χ4v) is 2.70. The number of rotatable bonds is 5. The SMILES string of the molecule is COC(=O)CN(C)C(=O)c1cccc2c(C(F)(F)C(F)(F)F)c(OC)ccc12. The largest absolute Gasteiger partial charge is 0.496 e. The van der Waals surface area contributed by atoms with E-state index >= 15 is 0 Å². The average molecular weight is 405 g/mol. The van der Waals surface area contributed by atoms with Crippen molar-refractivity contribution in [2.24, 2.45) is 0 Å². The highest BCUT2D eigenvalue weighted by Crippen LogP contribution is 2.50. The molecular weight excluding hydrogens is 389 g/mol. The van der Waals surface area contributed by atoms with Crippen LogP contribution in [0.2, 0.25) is 0 Å². The zero-order valence-corrected chi connectivity index (χ0v) is 15.1. The van der Waals surface area contributed by atoms with Crippen LogP contribution in [0.4, 0.5) is 22.0 Å². The van der Waals surface area contributed by atoms with E-state index in [1.807, 2.05) is 0 Å². The first kappa shape index (κ1) is 21.4. The lowest BCUT2D eigenvalue weighted by Crippen LogP contribution is -2.34. The lowest BCUT2D eigenvalue weighted by molar-refractivity contribution is -0.289. The number of methoxy groups -OCH3 is 2. The Bertz CT molecular complexity index is 911. The van der Waals surface area contributed by atoms with Crippen LogP contribution >= 0.6 is 0 Å². The summed E-state index contributed by atoms with van der Waals surface area (Å²) in [6.45, 7) is -0.423. The van der Waals surface area contributed by atoms with Crippen molar-refractivity contribution in [3.8, 4) is 5.75 Å². The van der Waals surface area contributed by atoms with Crippen LogP contribution in [0.5, 0.6) is 5.75 Å². The quantitative estimate of drug-likeness (QED) is 0.562. The predicted octanol–water partition coefficient (Wildman–Crippen LogP) is 3.75. The summed E-state index contributed by atoms with van der Waals surface area (Å²) in [5, 5.41) is -0.622. The van der Waals surface area contributed by atoms with Gasteiger partial charge in [0, 0.05) is 12.6 Å². The molecule has 0 aliphatic rings. The molecule has 0 saturated heterocycles. The van der Waals surface area contributed by atoms with Gasteiger partial charge in [0.15, 0.2) is 0 Å². The Labute approximate surface area is 156 Å². The normalized spacial score (nSPS) is 12.0. The molecule has 0 aromatic heterocycles. The van der Waals surface area contributed by atoms with Gasteiger partial charge in [-0.3, -0.25) is 9.59 Å². The van der Waals surface area contributed by atoms with E-state index in [4.69, 9.17) is 4.74 Å². The Hall–Kier alpha value is -2.91. The van der Waals surface area contributed by atoms with E-state index < -0.39 is 47.2 Å². The number of carbonyl (C=O) groups is 2. The molecule has 0 N–H and O–H groups in total. The highest BCUT2D eigenvalue weighted by Gasteiger charge is 2.60. The summed E-state index contributed by atoms with van der Waals surface area (Å²) >= 11 is 0. The number of amides is 1. The molecule has 1 amide bonds. The van der Waals surface area contributed by atoms with E-state index in [9.17, 15) is 31.5 Å². The van der Waals surface area contributed by atoms with Crippen molar-refractivity contribution >= 4 is 22.6 Å². The summed E-state index contributed by atoms with van der Waals surface area (Å²) in [6.07, 6.45) is -5.86. The third kappa shape index (κ3) is 3.71. The van der Waals surface area contributed by atoms with E-state index in [1.54, 1.807) is 0 Å². The smallest absolute Gasteiger partial charge is 0.458 e. The number of hydrogen-bond donors (Lipinski definition) is 0. The minimum absolute atomic E-state index is 0.135. The van der Waals surface area contributed by atoms with Gasteiger partial charge in [-0.1, -0.05) is 12.1 Å². The Morgan fingerprint density at radius 3 is 2.18 bits per heavy atom. The van der Waals surface area contributed by atoms with Gasteiger partial charge < -0.3 is 14.4 Å². The standard InChI is InChI=1S/C18H16F5NO4/c1-24(9-14(25)28-3)16(26)12-6-4-5-11-10(12)7-8-13(27-2)15(11)17(19,20)18(21,22)23/h4-8H,9H2,1-3H3. The van der Waals surface area contributed by atoms with E-state index in [0.717, 1.165) is 31.3 Å². The maximum atomic E-state index is 14.2. The molecule has 2 rings (SSSR count). The van der Waals surface area contributed by atoms with Crippen LogP contribution in [0.1, 0.15) is 15.9 Å². The molecule has 0 aliphatic heterocycles. The maximum Gasteiger partial charge on any atom is 0.458 e.